The van der Waals surface area contributed by atoms with Gasteiger partial charge in [0, 0.05) is 12.6 Å². The lowest BCUT2D eigenvalue weighted by molar-refractivity contribution is 0.225. The topological polar surface area (TPSA) is 30.3 Å². The minimum atomic E-state index is 0.740. The summed E-state index contributed by atoms with van der Waals surface area (Å²) in [7, 11) is 0. The van der Waals surface area contributed by atoms with Gasteiger partial charge in [0.15, 0.2) is 0 Å². The van der Waals surface area contributed by atoms with E-state index in [1.54, 1.807) is 0 Å². The van der Waals surface area contributed by atoms with Crippen LogP contribution in [0.15, 0.2) is 36.4 Å². The first-order chi connectivity index (χ1) is 11.7. The van der Waals surface area contributed by atoms with Crippen LogP contribution in [-0.4, -0.2) is 40.9 Å². The molecule has 0 bridgehead atoms. The number of hydrogen-bond acceptors (Lipinski definition) is 3. The molecule has 0 aliphatic carbocycles. The minimum Gasteiger partial charge on any atom is -0.478 e. The van der Waals surface area contributed by atoms with Gasteiger partial charge in [0.2, 0.25) is 5.88 Å². The van der Waals surface area contributed by atoms with Crippen molar-refractivity contribution in [1.82, 2.24) is 14.7 Å². The van der Waals surface area contributed by atoms with Crippen molar-refractivity contribution in [2.75, 3.05) is 26.2 Å². The van der Waals surface area contributed by atoms with E-state index in [9.17, 15) is 0 Å². The van der Waals surface area contributed by atoms with Gasteiger partial charge in [-0.15, -0.1) is 0 Å². The highest BCUT2D eigenvalue weighted by molar-refractivity contribution is 5.20. The maximum atomic E-state index is 6.01. The predicted octanol–water partition coefficient (Wildman–Crippen LogP) is 4.13. The molecule has 1 heterocycles. The standard InChI is InChI=1S/C20H31N3O/c1-4-12-22(13-5-2)14-9-15-24-20-16-18(3)21-23(20)17-19-10-7-6-8-11-19/h6-8,10-11,16H,4-5,9,12-15,17H2,1-3H3. The van der Waals surface area contributed by atoms with Crippen LogP contribution in [-0.2, 0) is 6.54 Å². The van der Waals surface area contributed by atoms with E-state index in [0.717, 1.165) is 37.7 Å². The highest BCUT2D eigenvalue weighted by Gasteiger charge is 2.08. The van der Waals surface area contributed by atoms with Crippen LogP contribution in [0.1, 0.15) is 44.4 Å². The van der Waals surface area contributed by atoms with Crippen molar-refractivity contribution in [1.29, 1.82) is 0 Å². The molecule has 4 nitrogen and oxygen atoms in total. The molecule has 0 saturated carbocycles. The van der Waals surface area contributed by atoms with E-state index in [1.807, 2.05) is 23.7 Å². The second-order valence-electron chi connectivity index (χ2n) is 6.31. The summed E-state index contributed by atoms with van der Waals surface area (Å²) >= 11 is 0. The first-order valence-electron chi connectivity index (χ1n) is 9.16. The van der Waals surface area contributed by atoms with Crippen molar-refractivity contribution < 1.29 is 4.74 Å². The number of aromatic nitrogens is 2. The zero-order chi connectivity index (χ0) is 17.2. The number of ether oxygens (including phenoxy) is 1. The second kappa shape index (κ2) is 10.1. The van der Waals surface area contributed by atoms with E-state index in [1.165, 1.54) is 31.5 Å². The van der Waals surface area contributed by atoms with Gasteiger partial charge >= 0.3 is 0 Å². The molecule has 2 rings (SSSR count). The lowest BCUT2D eigenvalue weighted by Gasteiger charge is -2.20. The smallest absolute Gasteiger partial charge is 0.212 e. The summed E-state index contributed by atoms with van der Waals surface area (Å²) < 4.78 is 7.97. The average molecular weight is 329 g/mol. The molecule has 0 saturated heterocycles. The molecule has 1 aromatic heterocycles. The lowest BCUT2D eigenvalue weighted by Crippen LogP contribution is -2.27. The molecular formula is C20H31N3O. The van der Waals surface area contributed by atoms with Gasteiger partial charge in [-0.3, -0.25) is 0 Å². The molecule has 0 fully saturated rings. The number of aryl methyl sites for hydroxylation is 1. The molecule has 0 aliphatic rings. The van der Waals surface area contributed by atoms with Crippen LogP contribution in [0.25, 0.3) is 0 Å². The molecule has 0 atom stereocenters. The van der Waals surface area contributed by atoms with E-state index in [-0.39, 0.29) is 0 Å². The van der Waals surface area contributed by atoms with E-state index in [0.29, 0.717) is 0 Å². The average Bonchev–Trinajstić information content (AvgIpc) is 2.92. The van der Waals surface area contributed by atoms with Crippen molar-refractivity contribution in [2.24, 2.45) is 0 Å². The first-order valence-corrected chi connectivity index (χ1v) is 9.16. The Hall–Kier alpha value is -1.81. The fourth-order valence-corrected chi connectivity index (χ4v) is 2.94. The number of nitrogens with zero attached hydrogens (tertiary/aromatic N) is 3. The summed E-state index contributed by atoms with van der Waals surface area (Å²) in [6.45, 7) is 11.4. The molecular weight excluding hydrogens is 298 g/mol. The lowest BCUT2D eigenvalue weighted by atomic mass is 10.2. The van der Waals surface area contributed by atoms with Crippen LogP contribution in [0.4, 0.5) is 0 Å². The molecule has 0 unspecified atom stereocenters. The summed E-state index contributed by atoms with van der Waals surface area (Å²) in [5, 5.41) is 4.56. The molecule has 0 radical (unpaired) electrons. The maximum absolute atomic E-state index is 6.01. The van der Waals surface area contributed by atoms with Crippen LogP contribution >= 0.6 is 0 Å². The Bertz CT molecular complexity index is 574. The molecule has 0 amide bonds. The summed E-state index contributed by atoms with van der Waals surface area (Å²) in [5.74, 6) is 0.869. The SMILES string of the molecule is CCCN(CCC)CCCOc1cc(C)nn1Cc1ccccc1. The van der Waals surface area contributed by atoms with E-state index < -0.39 is 0 Å². The predicted molar refractivity (Wildman–Crippen MR) is 99.6 cm³/mol. The Morgan fingerprint density at radius 3 is 2.42 bits per heavy atom. The Morgan fingerprint density at radius 2 is 1.75 bits per heavy atom. The van der Waals surface area contributed by atoms with Gasteiger partial charge < -0.3 is 9.64 Å². The third-order valence-corrected chi connectivity index (χ3v) is 3.99. The van der Waals surface area contributed by atoms with Crippen LogP contribution in [0.3, 0.4) is 0 Å². The molecule has 132 valence electrons. The zero-order valence-electron chi connectivity index (χ0n) is 15.4. The van der Waals surface area contributed by atoms with E-state index in [2.05, 4.69) is 48.1 Å². The zero-order valence-corrected chi connectivity index (χ0v) is 15.4. The van der Waals surface area contributed by atoms with Crippen molar-refractivity contribution in [2.45, 2.75) is 46.6 Å². The first kappa shape index (κ1) is 18.5. The Labute approximate surface area is 146 Å². The summed E-state index contributed by atoms with van der Waals surface area (Å²) in [6.07, 6.45) is 3.48. The van der Waals surface area contributed by atoms with Crippen molar-refractivity contribution in [3.8, 4) is 5.88 Å². The molecule has 1 aromatic carbocycles. The monoisotopic (exact) mass is 329 g/mol. The number of rotatable bonds is 11. The van der Waals surface area contributed by atoms with Crippen molar-refractivity contribution in [3.63, 3.8) is 0 Å². The van der Waals surface area contributed by atoms with Crippen LogP contribution in [0.5, 0.6) is 5.88 Å². The fourth-order valence-electron chi connectivity index (χ4n) is 2.94. The highest BCUT2D eigenvalue weighted by atomic mass is 16.5. The Kier molecular flexibility index (Phi) is 7.83. The normalized spacial score (nSPS) is 11.2. The highest BCUT2D eigenvalue weighted by Crippen LogP contribution is 2.15. The third-order valence-electron chi connectivity index (χ3n) is 3.99. The molecule has 2 aromatic rings. The largest absolute Gasteiger partial charge is 0.478 e. The van der Waals surface area contributed by atoms with Crippen molar-refractivity contribution in [3.05, 3.63) is 47.7 Å². The minimum absolute atomic E-state index is 0.740. The van der Waals surface area contributed by atoms with Gasteiger partial charge in [-0.05, 0) is 44.8 Å². The van der Waals surface area contributed by atoms with E-state index >= 15 is 0 Å². The molecule has 0 spiro atoms. The van der Waals surface area contributed by atoms with Crippen LogP contribution < -0.4 is 4.74 Å². The summed E-state index contributed by atoms with van der Waals surface area (Å²) in [4.78, 5) is 2.52. The summed E-state index contributed by atoms with van der Waals surface area (Å²) in [5.41, 5.74) is 2.24. The second-order valence-corrected chi connectivity index (χ2v) is 6.31. The molecule has 0 aliphatic heterocycles. The van der Waals surface area contributed by atoms with E-state index in [4.69, 9.17) is 4.74 Å². The number of benzene rings is 1. The number of hydrogen-bond donors (Lipinski definition) is 0. The van der Waals surface area contributed by atoms with Crippen molar-refractivity contribution >= 4 is 0 Å². The van der Waals surface area contributed by atoms with Gasteiger partial charge in [0.05, 0.1) is 18.8 Å². The molecule has 0 N–H and O–H groups in total. The fraction of sp³-hybridized carbons (Fsp3) is 0.550. The van der Waals surface area contributed by atoms with Gasteiger partial charge in [-0.1, -0.05) is 44.2 Å². The maximum Gasteiger partial charge on any atom is 0.212 e. The van der Waals surface area contributed by atoms with Crippen LogP contribution in [0.2, 0.25) is 0 Å². The Morgan fingerprint density at radius 1 is 1.04 bits per heavy atom. The molecule has 4 heteroatoms. The van der Waals surface area contributed by atoms with Gasteiger partial charge in [-0.2, -0.15) is 5.10 Å². The summed E-state index contributed by atoms with van der Waals surface area (Å²) in [6, 6.07) is 12.4. The van der Waals surface area contributed by atoms with Gasteiger partial charge in [0.25, 0.3) is 0 Å². The van der Waals surface area contributed by atoms with Gasteiger partial charge in [0.1, 0.15) is 0 Å². The third kappa shape index (κ3) is 6.00. The molecule has 24 heavy (non-hydrogen) atoms. The van der Waals surface area contributed by atoms with Crippen LogP contribution in [0, 0.1) is 6.92 Å². The quantitative estimate of drug-likeness (QED) is 0.581. The Balaban J connectivity index is 1.84. The van der Waals surface area contributed by atoms with Gasteiger partial charge in [-0.25, -0.2) is 4.68 Å².